The number of hydrogen-bond acceptors (Lipinski definition) is 3. The number of hydrogen-bond donors (Lipinski definition) is 2. The Balaban J connectivity index is 2.71. The summed E-state index contributed by atoms with van der Waals surface area (Å²) in [6.07, 6.45) is 5.61. The summed E-state index contributed by atoms with van der Waals surface area (Å²) in [5, 5.41) is 3.16. The van der Waals surface area contributed by atoms with Gasteiger partial charge in [0, 0.05) is 31.4 Å². The van der Waals surface area contributed by atoms with Crippen molar-refractivity contribution in [3.63, 3.8) is 0 Å². The molecule has 5 heteroatoms. The normalized spacial score (nSPS) is 12.9. The first-order valence-electron chi connectivity index (χ1n) is 6.10. The van der Waals surface area contributed by atoms with Crippen molar-refractivity contribution >= 4 is 5.91 Å². The van der Waals surface area contributed by atoms with E-state index in [1.807, 2.05) is 24.6 Å². The van der Waals surface area contributed by atoms with Crippen molar-refractivity contribution in [1.82, 2.24) is 14.9 Å². The van der Waals surface area contributed by atoms with Crippen LogP contribution in [0.1, 0.15) is 33.0 Å². The maximum Gasteiger partial charge on any atom is 0.236 e. The second kappa shape index (κ2) is 6.39. The van der Waals surface area contributed by atoms with E-state index in [0.29, 0.717) is 6.54 Å². The predicted octanol–water partition coefficient (Wildman–Crippen LogP) is 0.687. The fourth-order valence-corrected chi connectivity index (χ4v) is 1.78. The van der Waals surface area contributed by atoms with Gasteiger partial charge in [-0.3, -0.25) is 4.79 Å². The minimum absolute atomic E-state index is 0.227. The summed E-state index contributed by atoms with van der Waals surface area (Å²) in [6.45, 7) is 6.65. The van der Waals surface area contributed by atoms with Gasteiger partial charge in [0.05, 0.1) is 0 Å². The summed E-state index contributed by atoms with van der Waals surface area (Å²) in [5.74, 6) is 0.680. The molecule has 0 radical (unpaired) electrons. The van der Waals surface area contributed by atoms with Crippen LogP contribution in [0, 0.1) is 0 Å². The molecule has 0 aromatic carbocycles. The summed E-state index contributed by atoms with van der Waals surface area (Å²) < 4.78 is 1.99. The van der Waals surface area contributed by atoms with E-state index in [0.717, 1.165) is 18.7 Å². The molecule has 0 aliphatic carbocycles. The van der Waals surface area contributed by atoms with Crippen molar-refractivity contribution in [3.05, 3.63) is 18.2 Å². The Labute approximate surface area is 102 Å². The van der Waals surface area contributed by atoms with E-state index in [9.17, 15) is 4.79 Å². The van der Waals surface area contributed by atoms with Crippen LogP contribution in [-0.2, 0) is 17.8 Å². The van der Waals surface area contributed by atoms with Crippen LogP contribution in [0.2, 0.25) is 0 Å². The van der Waals surface area contributed by atoms with Gasteiger partial charge in [-0.25, -0.2) is 4.98 Å². The molecule has 0 fully saturated rings. The lowest BCUT2D eigenvalue weighted by Gasteiger charge is -2.19. The molecule has 17 heavy (non-hydrogen) atoms. The Bertz CT molecular complexity index is 359. The first-order valence-corrected chi connectivity index (χ1v) is 6.10. The molecule has 1 rings (SSSR count). The number of nitrogens with one attached hydrogen (secondary N) is 1. The number of carbonyl (C=O) groups is 1. The van der Waals surface area contributed by atoms with Crippen molar-refractivity contribution < 1.29 is 4.79 Å². The van der Waals surface area contributed by atoms with Crippen molar-refractivity contribution in [3.8, 4) is 0 Å². The number of carbonyl (C=O) groups excluding carboxylic acids is 1. The molecule has 3 N–H and O–H groups in total. The average Bonchev–Trinajstić information content (AvgIpc) is 2.64. The zero-order valence-electron chi connectivity index (χ0n) is 10.8. The van der Waals surface area contributed by atoms with Crippen LogP contribution in [0.5, 0.6) is 0 Å². The van der Waals surface area contributed by atoms with Crippen molar-refractivity contribution in [2.24, 2.45) is 5.73 Å². The van der Waals surface area contributed by atoms with Gasteiger partial charge in [-0.05, 0) is 6.42 Å². The number of nitrogens with two attached hydrogens (primary N) is 1. The van der Waals surface area contributed by atoms with Crippen LogP contribution in [0.3, 0.4) is 0 Å². The summed E-state index contributed by atoms with van der Waals surface area (Å²) in [7, 11) is 0. The third-order valence-corrected chi connectivity index (χ3v) is 2.53. The predicted molar refractivity (Wildman–Crippen MR) is 67.5 cm³/mol. The number of rotatable bonds is 7. The molecule has 1 atom stereocenters. The highest BCUT2D eigenvalue weighted by Crippen LogP contribution is 2.03. The van der Waals surface area contributed by atoms with E-state index in [1.165, 1.54) is 0 Å². The minimum atomic E-state index is -0.347. The van der Waals surface area contributed by atoms with E-state index in [2.05, 4.69) is 17.2 Å². The summed E-state index contributed by atoms with van der Waals surface area (Å²) in [4.78, 5) is 15.6. The van der Waals surface area contributed by atoms with Gasteiger partial charge in [0.1, 0.15) is 11.9 Å². The Hall–Kier alpha value is -1.36. The van der Waals surface area contributed by atoms with Gasteiger partial charge in [-0.2, -0.15) is 0 Å². The van der Waals surface area contributed by atoms with E-state index < -0.39 is 0 Å². The molecular weight excluding hydrogens is 216 g/mol. The van der Waals surface area contributed by atoms with Gasteiger partial charge in [0.2, 0.25) is 5.91 Å². The average molecular weight is 238 g/mol. The van der Waals surface area contributed by atoms with Crippen LogP contribution in [0.15, 0.2) is 12.4 Å². The van der Waals surface area contributed by atoms with Crippen molar-refractivity contribution in [2.45, 2.75) is 52.2 Å². The number of imidazole rings is 1. The molecule has 96 valence electrons. The van der Waals surface area contributed by atoms with Gasteiger partial charge in [-0.1, -0.05) is 20.8 Å². The third-order valence-electron chi connectivity index (χ3n) is 2.53. The lowest BCUT2D eigenvalue weighted by Crippen LogP contribution is -2.47. The van der Waals surface area contributed by atoms with E-state index in [4.69, 9.17) is 5.73 Å². The van der Waals surface area contributed by atoms with Crippen LogP contribution in [0.25, 0.3) is 0 Å². The second-order valence-electron chi connectivity index (χ2n) is 4.52. The number of primary amides is 1. The van der Waals surface area contributed by atoms with E-state index in [-0.39, 0.29) is 18.0 Å². The maximum absolute atomic E-state index is 11.4. The largest absolute Gasteiger partial charge is 0.368 e. The van der Waals surface area contributed by atoms with E-state index in [1.54, 1.807) is 6.20 Å². The fourth-order valence-electron chi connectivity index (χ4n) is 1.78. The van der Waals surface area contributed by atoms with Crippen LogP contribution < -0.4 is 11.1 Å². The van der Waals surface area contributed by atoms with E-state index >= 15 is 0 Å². The lowest BCUT2D eigenvalue weighted by molar-refractivity contribution is -0.120. The molecule has 5 nitrogen and oxygen atoms in total. The van der Waals surface area contributed by atoms with Crippen molar-refractivity contribution in [1.29, 1.82) is 0 Å². The van der Waals surface area contributed by atoms with Crippen molar-refractivity contribution in [2.75, 3.05) is 0 Å². The molecule has 0 saturated carbocycles. The highest BCUT2D eigenvalue weighted by molar-refractivity contribution is 5.79. The zero-order valence-corrected chi connectivity index (χ0v) is 10.8. The molecule has 0 aliphatic rings. The number of aromatic nitrogens is 2. The summed E-state index contributed by atoms with van der Waals surface area (Å²) in [5.41, 5.74) is 5.39. The Morgan fingerprint density at radius 3 is 2.82 bits per heavy atom. The van der Waals surface area contributed by atoms with Gasteiger partial charge >= 0.3 is 0 Å². The van der Waals surface area contributed by atoms with Crippen LogP contribution >= 0.6 is 0 Å². The minimum Gasteiger partial charge on any atom is -0.368 e. The van der Waals surface area contributed by atoms with Crippen LogP contribution in [-0.4, -0.2) is 27.5 Å². The highest BCUT2D eigenvalue weighted by atomic mass is 16.1. The van der Waals surface area contributed by atoms with Gasteiger partial charge < -0.3 is 15.6 Å². The zero-order chi connectivity index (χ0) is 12.8. The number of amides is 1. The number of aryl methyl sites for hydroxylation is 1. The van der Waals surface area contributed by atoms with Gasteiger partial charge in [-0.15, -0.1) is 0 Å². The molecule has 1 unspecified atom stereocenters. The topological polar surface area (TPSA) is 72.9 Å². The molecular formula is C12H22N4O. The van der Waals surface area contributed by atoms with Crippen LogP contribution in [0.4, 0.5) is 0 Å². The summed E-state index contributed by atoms with van der Waals surface area (Å²) in [6, 6.07) is -0.120. The number of nitrogens with zero attached hydrogens (tertiary/aromatic N) is 2. The maximum atomic E-state index is 11.4. The molecule has 1 amide bonds. The molecule has 0 spiro atoms. The Morgan fingerprint density at radius 2 is 2.29 bits per heavy atom. The standard InChI is InChI=1S/C12H22N4O/c1-4-5-11-14-6-7-16(11)8-10(12(13)17)15-9(2)3/h6-7,9-10,15H,4-5,8H2,1-3H3,(H2,13,17). The highest BCUT2D eigenvalue weighted by Gasteiger charge is 2.17. The van der Waals surface area contributed by atoms with Gasteiger partial charge in [0.25, 0.3) is 0 Å². The molecule has 0 saturated heterocycles. The first-order chi connectivity index (χ1) is 8.04. The molecule has 1 aromatic rings. The SMILES string of the molecule is CCCc1nccn1CC(NC(C)C)C(N)=O. The Kier molecular flexibility index (Phi) is 5.15. The summed E-state index contributed by atoms with van der Waals surface area (Å²) >= 11 is 0. The molecule has 0 aliphatic heterocycles. The molecule has 0 bridgehead atoms. The first kappa shape index (κ1) is 13.7. The fraction of sp³-hybridized carbons (Fsp3) is 0.667. The second-order valence-corrected chi connectivity index (χ2v) is 4.52. The molecule has 1 aromatic heterocycles. The molecule has 1 heterocycles. The quantitative estimate of drug-likeness (QED) is 0.734. The lowest BCUT2D eigenvalue weighted by atomic mass is 10.2. The monoisotopic (exact) mass is 238 g/mol. The smallest absolute Gasteiger partial charge is 0.236 e. The van der Waals surface area contributed by atoms with Gasteiger partial charge in [0.15, 0.2) is 0 Å². The third kappa shape index (κ3) is 4.19. The Morgan fingerprint density at radius 1 is 1.59 bits per heavy atom.